The predicted molar refractivity (Wildman–Crippen MR) is 104 cm³/mol. The van der Waals surface area contributed by atoms with Crippen molar-refractivity contribution in [2.45, 2.75) is 44.9 Å². The Morgan fingerprint density at radius 3 is 2.42 bits per heavy atom. The van der Waals surface area contributed by atoms with Crippen LogP contribution in [0.3, 0.4) is 0 Å². The van der Waals surface area contributed by atoms with Crippen LogP contribution in [0.15, 0.2) is 29.3 Å². The average Bonchev–Trinajstić information content (AvgIpc) is 3.16. The van der Waals surface area contributed by atoms with Crippen LogP contribution in [-0.2, 0) is 11.2 Å². The maximum atomic E-state index is 12.8. The summed E-state index contributed by atoms with van der Waals surface area (Å²) in [7, 11) is 1.75. The van der Waals surface area contributed by atoms with Crippen LogP contribution in [-0.4, -0.2) is 38.5 Å². The summed E-state index contributed by atoms with van der Waals surface area (Å²) in [5.41, 5.74) is 0.802. The van der Waals surface area contributed by atoms with Gasteiger partial charge in [-0.15, -0.1) is 0 Å². The highest BCUT2D eigenvalue weighted by Crippen LogP contribution is 2.28. The van der Waals surface area contributed by atoms with Gasteiger partial charge in [-0.2, -0.15) is 0 Å². The highest BCUT2D eigenvalue weighted by molar-refractivity contribution is 5.80. The van der Waals surface area contributed by atoms with E-state index in [-0.39, 0.29) is 18.1 Å². The number of guanidine groups is 1. The molecule has 2 rings (SSSR count). The van der Waals surface area contributed by atoms with Crippen molar-refractivity contribution in [1.29, 1.82) is 0 Å². The normalized spacial score (nSPS) is 15.1. The van der Waals surface area contributed by atoms with Crippen LogP contribution in [0.1, 0.15) is 44.1 Å². The van der Waals surface area contributed by atoms with E-state index in [1.807, 2.05) is 0 Å². The fraction of sp³-hybridized carbons (Fsp3) is 0.600. The summed E-state index contributed by atoms with van der Waals surface area (Å²) >= 11 is 0. The summed E-state index contributed by atoms with van der Waals surface area (Å²) in [6.07, 6.45) is 8.30. The number of nitrogens with one attached hydrogen (secondary N) is 3. The van der Waals surface area contributed by atoms with Gasteiger partial charge in [0.05, 0.1) is 6.42 Å². The van der Waals surface area contributed by atoms with Crippen molar-refractivity contribution >= 4 is 11.9 Å². The van der Waals surface area contributed by atoms with Crippen LogP contribution in [0.25, 0.3) is 0 Å². The number of benzene rings is 1. The molecule has 1 saturated carbocycles. The van der Waals surface area contributed by atoms with E-state index in [9.17, 15) is 9.18 Å². The second-order valence-corrected chi connectivity index (χ2v) is 6.87. The second kappa shape index (κ2) is 11.5. The van der Waals surface area contributed by atoms with Crippen molar-refractivity contribution in [3.05, 3.63) is 35.6 Å². The minimum absolute atomic E-state index is 0.0714. The van der Waals surface area contributed by atoms with Gasteiger partial charge in [0.2, 0.25) is 5.91 Å². The Hall–Kier alpha value is -2.11. The molecular weight excluding hydrogens is 331 g/mol. The van der Waals surface area contributed by atoms with E-state index < -0.39 is 0 Å². The van der Waals surface area contributed by atoms with Gasteiger partial charge in [0, 0.05) is 26.7 Å². The van der Waals surface area contributed by atoms with Crippen molar-refractivity contribution in [2.75, 3.05) is 26.7 Å². The molecule has 0 saturated heterocycles. The van der Waals surface area contributed by atoms with Crippen LogP contribution >= 0.6 is 0 Å². The molecule has 3 N–H and O–H groups in total. The predicted octanol–water partition coefficient (Wildman–Crippen LogP) is 2.62. The van der Waals surface area contributed by atoms with Crippen LogP contribution in [0.5, 0.6) is 0 Å². The van der Waals surface area contributed by atoms with Gasteiger partial charge < -0.3 is 16.0 Å². The lowest BCUT2D eigenvalue weighted by molar-refractivity contribution is -0.120. The maximum absolute atomic E-state index is 12.8. The number of carbonyl (C=O) groups excluding carboxylic acids is 1. The van der Waals surface area contributed by atoms with Crippen molar-refractivity contribution < 1.29 is 9.18 Å². The third kappa shape index (κ3) is 7.85. The topological polar surface area (TPSA) is 65.5 Å². The largest absolute Gasteiger partial charge is 0.356 e. The number of rotatable bonds is 9. The fourth-order valence-corrected chi connectivity index (χ4v) is 3.35. The van der Waals surface area contributed by atoms with Gasteiger partial charge in [-0.05, 0) is 36.5 Å². The lowest BCUT2D eigenvalue weighted by atomic mass is 10.0. The molecule has 0 atom stereocenters. The number of hydrogen-bond acceptors (Lipinski definition) is 2. The second-order valence-electron chi connectivity index (χ2n) is 6.87. The smallest absolute Gasteiger partial charge is 0.224 e. The van der Waals surface area contributed by atoms with Crippen LogP contribution in [0, 0.1) is 11.7 Å². The molecule has 144 valence electrons. The SMILES string of the molecule is CN=C(NCCCC1CCCC1)NCCNC(=O)Cc1ccc(F)cc1. The molecule has 0 aliphatic heterocycles. The van der Waals surface area contributed by atoms with Gasteiger partial charge in [-0.25, -0.2) is 4.39 Å². The first-order valence-electron chi connectivity index (χ1n) is 9.63. The number of hydrogen-bond donors (Lipinski definition) is 3. The third-order valence-corrected chi connectivity index (χ3v) is 4.80. The average molecular weight is 362 g/mol. The molecular formula is C20H31FN4O. The van der Waals surface area contributed by atoms with Gasteiger partial charge in [0.25, 0.3) is 0 Å². The zero-order valence-corrected chi connectivity index (χ0v) is 15.7. The summed E-state index contributed by atoms with van der Waals surface area (Å²) in [5, 5.41) is 9.37. The summed E-state index contributed by atoms with van der Waals surface area (Å²) in [6.45, 7) is 2.05. The van der Waals surface area contributed by atoms with Gasteiger partial charge >= 0.3 is 0 Å². The Labute approximate surface area is 155 Å². The number of amides is 1. The summed E-state index contributed by atoms with van der Waals surface area (Å²) in [5.74, 6) is 1.32. The van der Waals surface area contributed by atoms with E-state index in [4.69, 9.17) is 0 Å². The van der Waals surface area contributed by atoms with Crippen molar-refractivity contribution in [3.63, 3.8) is 0 Å². The molecule has 0 spiro atoms. The van der Waals surface area contributed by atoms with E-state index in [1.54, 1.807) is 19.2 Å². The lowest BCUT2D eigenvalue weighted by Crippen LogP contribution is -2.42. The van der Waals surface area contributed by atoms with Gasteiger partial charge in [0.1, 0.15) is 5.82 Å². The molecule has 26 heavy (non-hydrogen) atoms. The Bertz CT molecular complexity index is 568. The highest BCUT2D eigenvalue weighted by atomic mass is 19.1. The minimum Gasteiger partial charge on any atom is -0.356 e. The lowest BCUT2D eigenvalue weighted by Gasteiger charge is -2.13. The van der Waals surface area contributed by atoms with E-state index >= 15 is 0 Å². The molecule has 1 aliphatic carbocycles. The molecule has 0 heterocycles. The first-order valence-corrected chi connectivity index (χ1v) is 9.63. The Morgan fingerprint density at radius 2 is 1.73 bits per heavy atom. The maximum Gasteiger partial charge on any atom is 0.224 e. The van der Waals surface area contributed by atoms with Crippen molar-refractivity contribution in [3.8, 4) is 0 Å². The quantitative estimate of drug-likeness (QED) is 0.359. The Kier molecular flexibility index (Phi) is 8.93. The summed E-state index contributed by atoms with van der Waals surface area (Å²) < 4.78 is 12.8. The molecule has 1 amide bonds. The minimum atomic E-state index is -0.291. The fourth-order valence-electron chi connectivity index (χ4n) is 3.35. The monoisotopic (exact) mass is 362 g/mol. The zero-order valence-electron chi connectivity index (χ0n) is 15.7. The van der Waals surface area contributed by atoms with Gasteiger partial charge in [0.15, 0.2) is 5.96 Å². The number of aliphatic imine (C=N–C) groups is 1. The summed E-state index contributed by atoms with van der Waals surface area (Å²) in [4.78, 5) is 16.1. The van der Waals surface area contributed by atoms with E-state index in [2.05, 4.69) is 20.9 Å². The van der Waals surface area contributed by atoms with E-state index in [1.165, 1.54) is 50.7 Å². The van der Waals surface area contributed by atoms with Gasteiger partial charge in [-0.1, -0.05) is 37.8 Å². The van der Waals surface area contributed by atoms with Gasteiger partial charge in [-0.3, -0.25) is 9.79 Å². The molecule has 1 aromatic rings. The molecule has 5 nitrogen and oxygen atoms in total. The molecule has 1 aromatic carbocycles. The number of carbonyl (C=O) groups is 1. The van der Waals surface area contributed by atoms with Crippen molar-refractivity contribution in [1.82, 2.24) is 16.0 Å². The van der Waals surface area contributed by atoms with Crippen LogP contribution in [0.2, 0.25) is 0 Å². The van der Waals surface area contributed by atoms with Crippen LogP contribution < -0.4 is 16.0 Å². The first kappa shape index (κ1) is 20.2. The number of nitrogens with zero attached hydrogens (tertiary/aromatic N) is 1. The molecule has 0 unspecified atom stereocenters. The molecule has 0 aromatic heterocycles. The highest BCUT2D eigenvalue weighted by Gasteiger charge is 2.13. The molecule has 0 radical (unpaired) electrons. The molecule has 6 heteroatoms. The summed E-state index contributed by atoms with van der Waals surface area (Å²) in [6, 6.07) is 5.99. The van der Waals surface area contributed by atoms with Crippen LogP contribution in [0.4, 0.5) is 4.39 Å². The Balaban J connectivity index is 1.52. The first-order chi connectivity index (χ1) is 12.7. The zero-order chi connectivity index (χ0) is 18.6. The Morgan fingerprint density at radius 1 is 1.08 bits per heavy atom. The van der Waals surface area contributed by atoms with E-state index in [0.717, 1.165) is 24.0 Å². The molecule has 1 fully saturated rings. The number of halogens is 1. The molecule has 1 aliphatic rings. The van der Waals surface area contributed by atoms with E-state index in [0.29, 0.717) is 13.1 Å². The van der Waals surface area contributed by atoms with Crippen molar-refractivity contribution in [2.24, 2.45) is 10.9 Å². The third-order valence-electron chi connectivity index (χ3n) is 4.80. The molecule has 0 bridgehead atoms. The standard InChI is InChI=1S/C20H31FN4O/c1-22-20(24-12-4-7-16-5-2-3-6-16)25-14-13-23-19(26)15-17-8-10-18(21)11-9-17/h8-11,16H,2-7,12-15H2,1H3,(H,23,26)(H2,22,24,25).